The molecule has 1 aliphatic rings. The Hall–Kier alpha value is -2.38. The minimum atomic E-state index is -1.02. The van der Waals surface area contributed by atoms with Crippen LogP contribution >= 0.6 is 11.3 Å². The zero-order valence-corrected chi connectivity index (χ0v) is 14.3. The lowest BCUT2D eigenvalue weighted by Crippen LogP contribution is -2.14. The third kappa shape index (κ3) is 3.12. The van der Waals surface area contributed by atoms with Gasteiger partial charge in [0.15, 0.2) is 5.13 Å². The molecule has 0 unspecified atom stereocenters. The average Bonchev–Trinajstić information content (AvgIpc) is 3.20. The van der Waals surface area contributed by atoms with Gasteiger partial charge in [0, 0.05) is 11.8 Å². The summed E-state index contributed by atoms with van der Waals surface area (Å²) in [5.41, 5.74) is 4.36. The number of fused-ring (bicyclic) bond motifs is 1. The number of anilines is 1. The molecule has 4 rings (SSSR count). The predicted octanol–water partition coefficient (Wildman–Crippen LogP) is 3.46. The minimum Gasteiger partial charge on any atom is -0.390 e. The van der Waals surface area contributed by atoms with E-state index in [1.165, 1.54) is 11.3 Å². The van der Waals surface area contributed by atoms with E-state index < -0.39 is 12.1 Å². The van der Waals surface area contributed by atoms with Gasteiger partial charge >= 0.3 is 0 Å². The molecule has 1 aromatic carbocycles. The number of carbonyl (C=O) groups excluding carboxylic acids is 1. The summed E-state index contributed by atoms with van der Waals surface area (Å²) in [6.07, 6.45) is 1.03. The number of carbonyl (C=O) groups is 1. The number of nitrogens with one attached hydrogen (secondary N) is 1. The molecule has 2 N–H and O–H groups in total. The topological polar surface area (TPSA) is 75.1 Å². The number of hydrogen-bond donors (Lipinski definition) is 2. The van der Waals surface area contributed by atoms with Crippen molar-refractivity contribution < 1.29 is 14.3 Å². The van der Waals surface area contributed by atoms with Crippen LogP contribution in [0.5, 0.6) is 0 Å². The number of pyridine rings is 1. The number of halogens is 1. The number of aryl methyl sites for hydroxylation is 1. The number of aliphatic hydroxyl groups excluding tert-OH is 1. The monoisotopic (exact) mass is 357 g/mol. The number of nitrogens with zero attached hydrogens (tertiary/aromatic N) is 2. The fourth-order valence-electron chi connectivity index (χ4n) is 2.78. The number of hydrogen-bond acceptors (Lipinski definition) is 5. The van der Waals surface area contributed by atoms with Crippen molar-refractivity contribution in [1.29, 1.82) is 0 Å². The van der Waals surface area contributed by atoms with Crippen molar-refractivity contribution in [2.75, 3.05) is 5.32 Å². The minimum absolute atomic E-state index is 0.0873. The largest absolute Gasteiger partial charge is 0.390 e. The van der Waals surface area contributed by atoms with Gasteiger partial charge in [-0.1, -0.05) is 17.4 Å². The molecule has 0 spiro atoms. The second-order valence-electron chi connectivity index (χ2n) is 6.20. The zero-order chi connectivity index (χ0) is 17.6. The first-order valence-electron chi connectivity index (χ1n) is 7.97. The lowest BCUT2D eigenvalue weighted by Gasteiger charge is -2.07. The molecule has 0 bridgehead atoms. The number of amides is 1. The molecule has 5 nitrogen and oxygen atoms in total. The van der Waals surface area contributed by atoms with Gasteiger partial charge in [0.1, 0.15) is 6.17 Å². The summed E-state index contributed by atoms with van der Waals surface area (Å²) < 4.78 is 13.9. The average molecular weight is 357 g/mol. The summed E-state index contributed by atoms with van der Waals surface area (Å²) in [6.45, 7) is 1.88. The van der Waals surface area contributed by atoms with E-state index in [4.69, 9.17) is 0 Å². The van der Waals surface area contributed by atoms with Crippen molar-refractivity contribution in [3.8, 4) is 11.1 Å². The molecular formula is C18H16FN3O2S. The number of thiazole rings is 1. The molecule has 0 radical (unpaired) electrons. The highest BCUT2D eigenvalue weighted by atomic mass is 32.1. The van der Waals surface area contributed by atoms with Crippen LogP contribution in [0.4, 0.5) is 9.52 Å². The highest BCUT2D eigenvalue weighted by Gasteiger charge is 2.43. The number of rotatable bonds is 4. The van der Waals surface area contributed by atoms with E-state index in [2.05, 4.69) is 15.3 Å². The summed E-state index contributed by atoms with van der Waals surface area (Å²) >= 11 is 1.37. The van der Waals surface area contributed by atoms with Crippen LogP contribution < -0.4 is 5.32 Å². The molecule has 7 heteroatoms. The third-order valence-electron chi connectivity index (χ3n) is 4.31. The van der Waals surface area contributed by atoms with Crippen molar-refractivity contribution >= 4 is 32.6 Å². The van der Waals surface area contributed by atoms with Crippen LogP contribution in [0.15, 0.2) is 30.5 Å². The lowest BCUT2D eigenvalue weighted by atomic mass is 10.0. The quantitative estimate of drug-likeness (QED) is 0.750. The van der Waals surface area contributed by atoms with E-state index in [1.54, 1.807) is 6.20 Å². The maximum absolute atomic E-state index is 13.0. The van der Waals surface area contributed by atoms with Gasteiger partial charge in [-0.2, -0.15) is 0 Å². The van der Waals surface area contributed by atoms with Crippen molar-refractivity contribution in [3.63, 3.8) is 0 Å². The molecule has 25 heavy (non-hydrogen) atoms. The second-order valence-corrected chi connectivity index (χ2v) is 7.23. The lowest BCUT2D eigenvalue weighted by molar-refractivity contribution is -0.117. The van der Waals surface area contributed by atoms with Crippen LogP contribution in [0.1, 0.15) is 17.7 Å². The number of aliphatic hydroxyl groups is 1. The Morgan fingerprint density at radius 3 is 2.92 bits per heavy atom. The van der Waals surface area contributed by atoms with Gasteiger partial charge in [-0.15, -0.1) is 0 Å². The molecule has 2 heterocycles. The Kier molecular flexibility index (Phi) is 3.97. The molecule has 1 saturated carbocycles. The Bertz CT molecular complexity index is 972. The van der Waals surface area contributed by atoms with Crippen molar-refractivity contribution in [2.45, 2.75) is 26.1 Å². The highest BCUT2D eigenvalue weighted by Crippen LogP contribution is 2.36. The van der Waals surface area contributed by atoms with E-state index in [9.17, 15) is 14.3 Å². The van der Waals surface area contributed by atoms with E-state index in [0.717, 1.165) is 26.9 Å². The van der Waals surface area contributed by atoms with Crippen molar-refractivity contribution in [2.24, 2.45) is 5.92 Å². The van der Waals surface area contributed by atoms with Crippen LogP contribution in [0.3, 0.4) is 0 Å². The third-order valence-corrected chi connectivity index (χ3v) is 5.26. The molecule has 0 saturated heterocycles. The number of benzene rings is 1. The standard InChI is InChI=1S/C18H16FN3O2S/c1-9-4-11(8-23)20-7-13(9)10-2-3-16-15(5-10)21-18(25-16)22-17(24)12-6-14(12)19/h2-5,7,12,14,23H,6,8H2,1H3,(H,21,22,24)/t12-,14+/m1/s1. The molecule has 1 amide bonds. The van der Waals surface area contributed by atoms with Crippen LogP contribution in [-0.2, 0) is 11.4 Å². The number of alkyl halides is 1. The van der Waals surface area contributed by atoms with Crippen LogP contribution in [0, 0.1) is 12.8 Å². The summed E-state index contributed by atoms with van der Waals surface area (Å²) in [5.74, 6) is -0.826. The SMILES string of the molecule is Cc1cc(CO)ncc1-c1ccc2sc(NC(=O)[C@@H]3C[C@@H]3F)nc2c1. The smallest absolute Gasteiger partial charge is 0.232 e. The summed E-state index contributed by atoms with van der Waals surface area (Å²) in [7, 11) is 0. The molecule has 3 aromatic rings. The first-order valence-corrected chi connectivity index (χ1v) is 8.79. The number of aromatic nitrogens is 2. The predicted molar refractivity (Wildman–Crippen MR) is 95.1 cm³/mol. The summed E-state index contributed by atoms with van der Waals surface area (Å²) in [6, 6.07) is 7.73. The van der Waals surface area contributed by atoms with Crippen molar-refractivity contribution in [3.05, 3.63) is 41.7 Å². The maximum atomic E-state index is 13.0. The van der Waals surface area contributed by atoms with E-state index in [0.29, 0.717) is 17.2 Å². The summed E-state index contributed by atoms with van der Waals surface area (Å²) in [5, 5.41) is 12.4. The van der Waals surface area contributed by atoms with Gasteiger partial charge in [-0.25, -0.2) is 9.37 Å². The molecule has 1 fully saturated rings. The summed E-state index contributed by atoms with van der Waals surface area (Å²) in [4.78, 5) is 20.5. The van der Waals surface area contributed by atoms with Gasteiger partial charge < -0.3 is 10.4 Å². The first-order chi connectivity index (χ1) is 12.0. The Morgan fingerprint density at radius 2 is 2.24 bits per heavy atom. The van der Waals surface area contributed by atoms with Gasteiger partial charge in [0.2, 0.25) is 5.91 Å². The zero-order valence-electron chi connectivity index (χ0n) is 13.5. The fourth-order valence-corrected chi connectivity index (χ4v) is 3.63. The van der Waals surface area contributed by atoms with Crippen LogP contribution in [-0.4, -0.2) is 27.2 Å². The van der Waals surface area contributed by atoms with Gasteiger partial charge in [0.05, 0.1) is 28.4 Å². The molecular weight excluding hydrogens is 341 g/mol. The first kappa shape index (κ1) is 16.1. The maximum Gasteiger partial charge on any atom is 0.232 e. The van der Waals surface area contributed by atoms with Crippen LogP contribution in [0.2, 0.25) is 0 Å². The Balaban J connectivity index is 1.63. The van der Waals surface area contributed by atoms with Gasteiger partial charge in [0.25, 0.3) is 0 Å². The fraction of sp³-hybridized carbons (Fsp3) is 0.278. The van der Waals surface area contributed by atoms with E-state index in [-0.39, 0.29) is 12.5 Å². The Labute approximate surface area is 147 Å². The normalized spacial score (nSPS) is 19.2. The molecule has 0 aliphatic heterocycles. The van der Waals surface area contributed by atoms with E-state index in [1.807, 2.05) is 31.2 Å². The Morgan fingerprint density at radius 1 is 1.44 bits per heavy atom. The molecule has 2 aromatic heterocycles. The highest BCUT2D eigenvalue weighted by molar-refractivity contribution is 7.22. The van der Waals surface area contributed by atoms with E-state index >= 15 is 0 Å². The molecule has 128 valence electrons. The van der Waals surface area contributed by atoms with Crippen LogP contribution in [0.25, 0.3) is 21.3 Å². The molecule has 2 atom stereocenters. The van der Waals surface area contributed by atoms with Crippen molar-refractivity contribution in [1.82, 2.24) is 9.97 Å². The van der Waals surface area contributed by atoms with Gasteiger partial charge in [-0.3, -0.25) is 9.78 Å². The second kappa shape index (κ2) is 6.16. The van der Waals surface area contributed by atoms with Gasteiger partial charge in [-0.05, 0) is 42.7 Å². The molecule has 1 aliphatic carbocycles.